The first-order valence-corrected chi connectivity index (χ1v) is 6.96. The summed E-state index contributed by atoms with van der Waals surface area (Å²) in [7, 11) is 0. The molecule has 0 radical (unpaired) electrons. The number of nitrogens with zero attached hydrogens (tertiary/aromatic N) is 1. The van der Waals surface area contributed by atoms with E-state index in [1.807, 2.05) is 6.92 Å². The normalized spacial score (nSPS) is 27.2. The summed E-state index contributed by atoms with van der Waals surface area (Å²) >= 11 is 5.53. The van der Waals surface area contributed by atoms with Crippen molar-refractivity contribution in [2.45, 2.75) is 50.6 Å². The van der Waals surface area contributed by atoms with E-state index < -0.39 is 5.54 Å². The second kappa shape index (κ2) is 5.31. The van der Waals surface area contributed by atoms with Crippen molar-refractivity contribution in [3.63, 3.8) is 0 Å². The van der Waals surface area contributed by atoms with Gasteiger partial charge in [0.25, 0.3) is 0 Å². The summed E-state index contributed by atoms with van der Waals surface area (Å²) in [6, 6.07) is -0.364. The van der Waals surface area contributed by atoms with Crippen LogP contribution < -0.4 is 5.32 Å². The maximum Gasteiger partial charge on any atom is 0.249 e. The highest BCUT2D eigenvalue weighted by molar-refractivity contribution is 6.25. The van der Waals surface area contributed by atoms with Crippen LogP contribution in [-0.2, 0) is 9.59 Å². The highest BCUT2D eigenvalue weighted by atomic mass is 35.5. The highest BCUT2D eigenvalue weighted by Crippen LogP contribution is 2.35. The summed E-state index contributed by atoms with van der Waals surface area (Å²) in [4.78, 5) is 26.4. The second-order valence-electron chi connectivity index (χ2n) is 5.02. The van der Waals surface area contributed by atoms with Crippen molar-refractivity contribution in [3.05, 3.63) is 11.6 Å². The second-order valence-corrected chi connectivity index (χ2v) is 5.27. The number of halogens is 1. The number of hydrogen-bond acceptors (Lipinski definition) is 2. The predicted octanol–water partition coefficient (Wildman–Crippen LogP) is 1.79. The number of amides is 2. The van der Waals surface area contributed by atoms with Gasteiger partial charge in [-0.3, -0.25) is 9.59 Å². The van der Waals surface area contributed by atoms with Crippen molar-refractivity contribution in [1.82, 2.24) is 10.2 Å². The van der Waals surface area contributed by atoms with Gasteiger partial charge in [-0.05, 0) is 19.3 Å². The van der Waals surface area contributed by atoms with Crippen LogP contribution in [0, 0.1) is 0 Å². The molecule has 18 heavy (non-hydrogen) atoms. The molecule has 1 spiro atoms. The zero-order chi connectivity index (χ0) is 13.2. The van der Waals surface area contributed by atoms with Crippen molar-refractivity contribution in [3.8, 4) is 0 Å². The van der Waals surface area contributed by atoms with Gasteiger partial charge in [-0.1, -0.05) is 37.4 Å². The molecule has 1 N–H and O–H groups in total. The van der Waals surface area contributed by atoms with Gasteiger partial charge in [-0.25, -0.2) is 0 Å². The smallest absolute Gasteiger partial charge is 0.249 e. The fourth-order valence-electron chi connectivity index (χ4n) is 3.02. The molecule has 2 aliphatic rings. The average Bonchev–Trinajstić information content (AvgIpc) is 2.81. The lowest BCUT2D eigenvalue weighted by molar-refractivity contribution is -0.154. The molecular weight excluding hydrogens is 252 g/mol. The van der Waals surface area contributed by atoms with E-state index >= 15 is 0 Å². The monoisotopic (exact) mass is 270 g/mol. The quantitative estimate of drug-likeness (QED) is 0.850. The third kappa shape index (κ3) is 2.14. The molecule has 2 fully saturated rings. The third-order valence-electron chi connectivity index (χ3n) is 3.95. The third-order valence-corrected chi connectivity index (χ3v) is 4.12. The first-order valence-electron chi connectivity index (χ1n) is 6.53. The van der Waals surface area contributed by atoms with Crippen molar-refractivity contribution in [2.75, 3.05) is 6.54 Å². The van der Waals surface area contributed by atoms with Crippen LogP contribution in [0.4, 0.5) is 0 Å². The molecule has 1 aliphatic carbocycles. The fraction of sp³-hybridized carbons (Fsp3) is 0.692. The van der Waals surface area contributed by atoms with E-state index in [2.05, 4.69) is 5.32 Å². The van der Waals surface area contributed by atoms with Crippen LogP contribution in [0.15, 0.2) is 11.6 Å². The zero-order valence-corrected chi connectivity index (χ0v) is 11.4. The zero-order valence-electron chi connectivity index (χ0n) is 10.6. The molecule has 1 aliphatic heterocycles. The van der Waals surface area contributed by atoms with E-state index in [-0.39, 0.29) is 17.9 Å². The predicted molar refractivity (Wildman–Crippen MR) is 70.1 cm³/mol. The van der Waals surface area contributed by atoms with E-state index in [4.69, 9.17) is 11.6 Å². The van der Waals surface area contributed by atoms with Crippen LogP contribution in [0.2, 0.25) is 0 Å². The minimum atomic E-state index is -0.636. The number of carbonyl (C=O) groups excluding carboxylic acids is 2. The lowest BCUT2D eigenvalue weighted by Crippen LogP contribution is -2.69. The number of carbonyl (C=O) groups is 2. The maximum absolute atomic E-state index is 12.6. The average molecular weight is 271 g/mol. The van der Waals surface area contributed by atoms with Gasteiger partial charge >= 0.3 is 0 Å². The lowest BCUT2D eigenvalue weighted by atomic mass is 9.90. The molecule has 1 saturated heterocycles. The molecule has 0 aromatic carbocycles. The first-order chi connectivity index (χ1) is 8.64. The van der Waals surface area contributed by atoms with Crippen molar-refractivity contribution in [1.29, 1.82) is 0 Å². The van der Waals surface area contributed by atoms with Crippen molar-refractivity contribution >= 4 is 23.4 Å². The molecule has 1 unspecified atom stereocenters. The van der Waals surface area contributed by atoms with E-state index in [0.29, 0.717) is 13.0 Å². The summed E-state index contributed by atoms with van der Waals surface area (Å²) in [5.41, 5.74) is 0.761. The van der Waals surface area contributed by atoms with Crippen LogP contribution in [0.1, 0.15) is 39.0 Å². The Morgan fingerprint density at radius 1 is 1.44 bits per heavy atom. The molecular formula is C13H19ClN2O2. The molecule has 2 rings (SSSR count). The minimum Gasteiger partial charge on any atom is -0.340 e. The molecule has 1 atom stereocenters. The van der Waals surface area contributed by atoms with Crippen LogP contribution in [0.3, 0.4) is 0 Å². The molecule has 5 heteroatoms. The Morgan fingerprint density at radius 3 is 2.67 bits per heavy atom. The highest BCUT2D eigenvalue weighted by Gasteiger charge is 2.51. The van der Waals surface area contributed by atoms with Gasteiger partial charge in [-0.15, -0.1) is 0 Å². The van der Waals surface area contributed by atoms with E-state index in [0.717, 1.165) is 25.7 Å². The number of rotatable bonds is 3. The molecule has 4 nitrogen and oxygen atoms in total. The van der Waals surface area contributed by atoms with Gasteiger partial charge < -0.3 is 10.2 Å². The van der Waals surface area contributed by atoms with Crippen LogP contribution in [0.5, 0.6) is 0 Å². The van der Waals surface area contributed by atoms with Gasteiger partial charge in [-0.2, -0.15) is 0 Å². The molecule has 0 aromatic rings. The Labute approximate surface area is 112 Å². The van der Waals surface area contributed by atoms with E-state index in [1.165, 1.54) is 5.54 Å². The van der Waals surface area contributed by atoms with E-state index in [9.17, 15) is 9.59 Å². The number of hydrogen-bond donors (Lipinski definition) is 1. The SMILES string of the molecule is CCC1C(=O)NC2(CCCC2)C(=O)N1C/C=C/Cl. The summed E-state index contributed by atoms with van der Waals surface area (Å²) < 4.78 is 0. The Kier molecular flexibility index (Phi) is 3.95. The van der Waals surface area contributed by atoms with Gasteiger partial charge in [0.05, 0.1) is 0 Å². The number of piperazine rings is 1. The summed E-state index contributed by atoms with van der Waals surface area (Å²) in [5.74, 6) is 0.0307. The van der Waals surface area contributed by atoms with Crippen molar-refractivity contribution < 1.29 is 9.59 Å². The number of nitrogens with one attached hydrogen (secondary N) is 1. The topological polar surface area (TPSA) is 49.4 Å². The molecule has 1 heterocycles. The van der Waals surface area contributed by atoms with E-state index in [1.54, 1.807) is 11.0 Å². The standard InChI is InChI=1S/C13H19ClN2O2/c1-2-10-11(17)15-13(6-3-4-7-13)12(18)16(10)9-5-8-14/h5,8,10H,2-4,6-7,9H2,1H3,(H,15,17)/b8-5+. The van der Waals surface area contributed by atoms with Crippen LogP contribution in [-0.4, -0.2) is 34.8 Å². The first kappa shape index (κ1) is 13.4. The summed E-state index contributed by atoms with van der Waals surface area (Å²) in [6.07, 6.45) is 5.86. The fourth-order valence-corrected chi connectivity index (χ4v) is 3.10. The Bertz CT molecular complexity index is 375. The van der Waals surface area contributed by atoms with Crippen LogP contribution in [0.25, 0.3) is 0 Å². The largest absolute Gasteiger partial charge is 0.340 e. The molecule has 100 valence electrons. The van der Waals surface area contributed by atoms with Crippen LogP contribution >= 0.6 is 11.6 Å². The molecule has 2 amide bonds. The van der Waals surface area contributed by atoms with Crippen molar-refractivity contribution in [2.24, 2.45) is 0 Å². The van der Waals surface area contributed by atoms with Gasteiger partial charge in [0, 0.05) is 12.1 Å². The van der Waals surface area contributed by atoms with Gasteiger partial charge in [0.15, 0.2) is 0 Å². The summed E-state index contributed by atoms with van der Waals surface area (Å²) in [6.45, 7) is 2.33. The Morgan fingerprint density at radius 2 is 2.11 bits per heavy atom. The summed E-state index contributed by atoms with van der Waals surface area (Å²) in [5, 5.41) is 2.96. The molecule has 0 aromatic heterocycles. The minimum absolute atomic E-state index is 0.0260. The molecule has 1 saturated carbocycles. The Balaban J connectivity index is 2.26. The lowest BCUT2D eigenvalue weighted by Gasteiger charge is -2.43. The van der Waals surface area contributed by atoms with Gasteiger partial charge in [0.1, 0.15) is 11.6 Å². The molecule has 0 bridgehead atoms. The Hall–Kier alpha value is -1.03. The van der Waals surface area contributed by atoms with Gasteiger partial charge in [0.2, 0.25) is 11.8 Å². The maximum atomic E-state index is 12.6.